The molecule has 0 bridgehead atoms. The summed E-state index contributed by atoms with van der Waals surface area (Å²) in [5.74, 6) is -0.107. The molecule has 0 unspecified atom stereocenters. The minimum atomic E-state index is -0.0435. The molecule has 0 atom stereocenters. The van der Waals surface area contributed by atoms with E-state index in [2.05, 4.69) is 27.7 Å². The van der Waals surface area contributed by atoms with Gasteiger partial charge in [0.15, 0.2) is 0 Å². The van der Waals surface area contributed by atoms with Crippen LogP contribution in [0, 0.1) is 0 Å². The van der Waals surface area contributed by atoms with Crippen LogP contribution >= 0.6 is 0 Å². The van der Waals surface area contributed by atoms with Crippen molar-refractivity contribution in [3.63, 3.8) is 0 Å². The number of rotatable bonds is 16. The molecular formula is C24H46N2O4Zn. The molecule has 0 aliphatic rings. The Balaban J connectivity index is -0.000000490. The summed E-state index contributed by atoms with van der Waals surface area (Å²) in [6.45, 7) is 14.5. The van der Waals surface area contributed by atoms with Crippen molar-refractivity contribution >= 4 is 23.4 Å². The molecule has 7 heteroatoms. The Morgan fingerprint density at radius 3 is 0.903 bits per heavy atom. The largest absolute Gasteiger partial charge is 0.342 e. The minimum Gasteiger partial charge on any atom is -0.342 e. The van der Waals surface area contributed by atoms with Crippen molar-refractivity contribution in [2.45, 2.75) is 106 Å². The van der Waals surface area contributed by atoms with Crippen LogP contribution in [0.15, 0.2) is 0 Å². The maximum Gasteiger partial charge on any atom is 0.230 e. The van der Waals surface area contributed by atoms with E-state index in [1.165, 1.54) is 13.8 Å². The number of nitrogens with zero attached hydrogens (tertiary/aromatic N) is 2. The zero-order valence-electron chi connectivity index (χ0n) is 21.1. The van der Waals surface area contributed by atoms with E-state index in [-0.39, 0.29) is 55.7 Å². The predicted octanol–water partition coefficient (Wildman–Crippen LogP) is 4.79. The zero-order valence-corrected chi connectivity index (χ0v) is 24.1. The van der Waals surface area contributed by atoms with Gasteiger partial charge in [0, 0.05) is 45.7 Å². The number of ketones is 2. The molecule has 0 aliphatic carbocycles. The number of unbranched alkanes of at least 4 members (excludes halogenated alkanes) is 4. The first-order valence-electron chi connectivity index (χ1n) is 11.8. The van der Waals surface area contributed by atoms with Crippen molar-refractivity contribution in [2.75, 3.05) is 26.2 Å². The molecule has 0 spiro atoms. The van der Waals surface area contributed by atoms with Crippen molar-refractivity contribution in [1.29, 1.82) is 0 Å². The van der Waals surface area contributed by atoms with Gasteiger partial charge in [-0.05, 0) is 39.5 Å². The summed E-state index contributed by atoms with van der Waals surface area (Å²) >= 11 is 0. The second kappa shape index (κ2) is 23.6. The summed E-state index contributed by atoms with van der Waals surface area (Å²) in [6, 6.07) is 0. The standard InChI is InChI=1S/2C12H23NO2.Zn/c2*1-4-6-8-13(9-7-5-2)12(15)10-11(3)14;/h2*4-10H2,1-3H3;. The normalized spacial score (nSPS) is 9.74. The van der Waals surface area contributed by atoms with Crippen LogP contribution in [0.2, 0.25) is 0 Å². The third kappa shape index (κ3) is 21.9. The molecule has 0 fully saturated rings. The first-order valence-corrected chi connectivity index (χ1v) is 11.8. The second-order valence-electron chi connectivity index (χ2n) is 7.93. The van der Waals surface area contributed by atoms with E-state index in [0.717, 1.165) is 77.5 Å². The van der Waals surface area contributed by atoms with E-state index in [0.29, 0.717) is 0 Å². The summed E-state index contributed by atoms with van der Waals surface area (Å²) in [5.41, 5.74) is 0. The van der Waals surface area contributed by atoms with Gasteiger partial charge in [0.2, 0.25) is 11.8 Å². The van der Waals surface area contributed by atoms with Crippen molar-refractivity contribution in [3.8, 4) is 0 Å². The number of amides is 2. The monoisotopic (exact) mass is 490 g/mol. The first-order chi connectivity index (χ1) is 14.2. The average Bonchev–Trinajstić information content (AvgIpc) is 2.67. The number of carbonyl (C=O) groups is 4. The third-order valence-corrected chi connectivity index (χ3v) is 4.63. The molecule has 0 saturated carbocycles. The molecule has 0 heterocycles. The van der Waals surface area contributed by atoms with Crippen molar-refractivity contribution in [3.05, 3.63) is 0 Å². The summed E-state index contributed by atoms with van der Waals surface area (Å²) in [4.78, 5) is 48.7. The number of Topliss-reactive ketones (excluding diaryl/α,β-unsaturated/α-hetero) is 2. The molecule has 0 N–H and O–H groups in total. The van der Waals surface area contributed by atoms with Gasteiger partial charge < -0.3 is 9.80 Å². The molecule has 6 nitrogen and oxygen atoms in total. The quantitative estimate of drug-likeness (QED) is 0.230. The third-order valence-electron chi connectivity index (χ3n) is 4.63. The fourth-order valence-electron chi connectivity index (χ4n) is 2.77. The summed E-state index contributed by atoms with van der Waals surface area (Å²) in [7, 11) is 0. The zero-order chi connectivity index (χ0) is 23.4. The van der Waals surface area contributed by atoms with Gasteiger partial charge in [-0.3, -0.25) is 19.2 Å². The molecule has 2 amide bonds. The first kappa shape index (κ1) is 34.5. The Morgan fingerprint density at radius 1 is 0.516 bits per heavy atom. The number of carbonyl (C=O) groups excluding carboxylic acids is 4. The molecule has 31 heavy (non-hydrogen) atoms. The smallest absolute Gasteiger partial charge is 0.230 e. The fraction of sp³-hybridized carbons (Fsp3) is 0.833. The minimum absolute atomic E-state index is 0. The summed E-state index contributed by atoms with van der Waals surface area (Å²) in [6.07, 6.45) is 8.53. The van der Waals surface area contributed by atoms with E-state index in [1.54, 1.807) is 0 Å². The van der Waals surface area contributed by atoms with Crippen molar-refractivity contribution < 1.29 is 38.7 Å². The van der Waals surface area contributed by atoms with E-state index >= 15 is 0 Å². The number of hydrogen-bond acceptors (Lipinski definition) is 4. The van der Waals surface area contributed by atoms with Crippen LogP contribution in [-0.4, -0.2) is 59.4 Å². The van der Waals surface area contributed by atoms with Gasteiger partial charge in [-0.25, -0.2) is 0 Å². The molecule has 0 rings (SSSR count). The predicted molar refractivity (Wildman–Crippen MR) is 123 cm³/mol. The van der Waals surface area contributed by atoms with Gasteiger partial charge in [-0.2, -0.15) is 0 Å². The second-order valence-corrected chi connectivity index (χ2v) is 7.93. The molecular weight excluding hydrogens is 446 g/mol. The van der Waals surface area contributed by atoms with Crippen molar-refractivity contribution in [1.82, 2.24) is 9.80 Å². The average molecular weight is 492 g/mol. The Labute approximate surface area is 203 Å². The van der Waals surface area contributed by atoms with Crippen LogP contribution in [0.3, 0.4) is 0 Å². The van der Waals surface area contributed by atoms with E-state index < -0.39 is 0 Å². The molecule has 178 valence electrons. The molecule has 0 aromatic rings. The van der Waals surface area contributed by atoms with Gasteiger partial charge in [0.1, 0.15) is 11.6 Å². The molecule has 0 aromatic carbocycles. The van der Waals surface area contributed by atoms with Crippen LogP contribution in [0.4, 0.5) is 0 Å². The molecule has 0 aromatic heterocycles. The Morgan fingerprint density at radius 2 is 0.742 bits per heavy atom. The van der Waals surface area contributed by atoms with Gasteiger partial charge in [0.25, 0.3) is 0 Å². The maximum absolute atomic E-state index is 11.7. The molecule has 0 saturated heterocycles. The van der Waals surface area contributed by atoms with E-state index in [4.69, 9.17) is 0 Å². The fourth-order valence-corrected chi connectivity index (χ4v) is 2.77. The van der Waals surface area contributed by atoms with Gasteiger partial charge >= 0.3 is 0 Å². The van der Waals surface area contributed by atoms with Crippen LogP contribution < -0.4 is 0 Å². The SMILES string of the molecule is CCCCN(CCCC)C(=O)CC(C)=O.CCCCN(CCCC)C(=O)CC(C)=O.[Zn]. The number of hydrogen-bond donors (Lipinski definition) is 0. The molecule has 0 radical (unpaired) electrons. The topological polar surface area (TPSA) is 74.8 Å². The van der Waals surface area contributed by atoms with Crippen LogP contribution in [0.1, 0.15) is 106 Å². The Kier molecular flexibility index (Phi) is 26.2. The van der Waals surface area contributed by atoms with Gasteiger partial charge in [-0.15, -0.1) is 0 Å². The van der Waals surface area contributed by atoms with Gasteiger partial charge in [0.05, 0.1) is 12.8 Å². The summed E-state index contributed by atoms with van der Waals surface area (Å²) < 4.78 is 0. The maximum atomic E-state index is 11.7. The van der Waals surface area contributed by atoms with Crippen molar-refractivity contribution in [2.24, 2.45) is 0 Å². The molecule has 0 aliphatic heterocycles. The van der Waals surface area contributed by atoms with Crippen LogP contribution in [0.5, 0.6) is 0 Å². The summed E-state index contributed by atoms with van der Waals surface area (Å²) in [5, 5.41) is 0. The van der Waals surface area contributed by atoms with E-state index in [9.17, 15) is 19.2 Å². The van der Waals surface area contributed by atoms with E-state index in [1.807, 2.05) is 9.80 Å². The Hall–Kier alpha value is -1.10. The Bertz CT molecular complexity index is 438. The van der Waals surface area contributed by atoms with Gasteiger partial charge in [-0.1, -0.05) is 53.4 Å². The van der Waals surface area contributed by atoms with Crippen LogP contribution in [-0.2, 0) is 38.7 Å². The van der Waals surface area contributed by atoms with Crippen LogP contribution in [0.25, 0.3) is 0 Å².